The van der Waals surface area contributed by atoms with Crippen molar-refractivity contribution in [3.8, 4) is 5.69 Å². The zero-order valence-corrected chi connectivity index (χ0v) is 20.3. The molecule has 0 aliphatic rings. The third-order valence-corrected chi connectivity index (χ3v) is 6.47. The van der Waals surface area contributed by atoms with Crippen LogP contribution in [0.15, 0.2) is 78.1 Å². The fourth-order valence-corrected chi connectivity index (χ4v) is 4.68. The van der Waals surface area contributed by atoms with Gasteiger partial charge in [-0.15, -0.1) is 0 Å². The molecular weight excluding hydrogens is 450 g/mol. The lowest BCUT2D eigenvalue weighted by Crippen LogP contribution is -2.40. The smallest absolute Gasteiger partial charge is 0.241 e. The highest BCUT2D eigenvalue weighted by atomic mass is 32.2. The van der Waals surface area contributed by atoms with E-state index in [9.17, 15) is 8.42 Å². The minimum Gasteiger partial charge on any atom is -0.340 e. The quantitative estimate of drug-likeness (QED) is 0.358. The normalized spacial score (nSPS) is 11.9. The number of hydrogen-bond donors (Lipinski definition) is 3. The van der Waals surface area contributed by atoms with E-state index in [1.54, 1.807) is 62.1 Å². The summed E-state index contributed by atoms with van der Waals surface area (Å²) in [6.45, 7) is 7.29. The first kappa shape index (κ1) is 23.4. The molecule has 0 atom stereocenters. The molecule has 0 bridgehead atoms. The number of nitrogens with one attached hydrogen (secondary N) is 3. The van der Waals surface area contributed by atoms with Crippen LogP contribution in [0.1, 0.15) is 26.3 Å². The third kappa shape index (κ3) is 5.77. The molecule has 2 heterocycles. The average Bonchev–Trinajstić information content (AvgIpc) is 3.30. The third-order valence-electron chi connectivity index (χ3n) is 4.71. The first-order valence-corrected chi connectivity index (χ1v) is 12.2. The minimum atomic E-state index is -3.65. The van der Waals surface area contributed by atoms with Crippen LogP contribution in [0.25, 0.3) is 5.69 Å². The lowest BCUT2D eigenvalue weighted by molar-refractivity contribution is 0.491. The van der Waals surface area contributed by atoms with Crippen molar-refractivity contribution in [2.75, 3.05) is 10.6 Å². The highest BCUT2D eigenvalue weighted by molar-refractivity contribution is 7.89. The maximum absolute atomic E-state index is 12.7. The van der Waals surface area contributed by atoms with Crippen molar-refractivity contribution in [3.63, 3.8) is 0 Å². The number of nitrogens with zero attached hydrogens (tertiary/aromatic N) is 4. The summed E-state index contributed by atoms with van der Waals surface area (Å²) in [4.78, 5) is 9.11. The molecule has 4 aromatic rings. The molecule has 2 aromatic heterocycles. The molecule has 0 spiro atoms. The highest BCUT2D eigenvalue weighted by Gasteiger charge is 2.22. The molecule has 0 aliphatic carbocycles. The zero-order valence-electron chi connectivity index (χ0n) is 19.4. The molecule has 9 nitrogen and oxygen atoms in total. The van der Waals surface area contributed by atoms with Crippen molar-refractivity contribution in [3.05, 3.63) is 78.8 Å². The fraction of sp³-hybridized carbons (Fsp3) is 0.208. The Labute approximate surface area is 199 Å². The van der Waals surface area contributed by atoms with Gasteiger partial charge >= 0.3 is 0 Å². The summed E-state index contributed by atoms with van der Waals surface area (Å²) in [6, 6.07) is 16.2. The second-order valence-corrected chi connectivity index (χ2v) is 10.5. The van der Waals surface area contributed by atoms with E-state index in [0.29, 0.717) is 17.5 Å². The minimum absolute atomic E-state index is 0.176. The predicted molar refractivity (Wildman–Crippen MR) is 133 cm³/mol. The Hall–Kier alpha value is -3.76. The second-order valence-electron chi connectivity index (χ2n) is 8.86. The number of rotatable bonds is 7. The number of aryl methyl sites for hydroxylation is 1. The van der Waals surface area contributed by atoms with Crippen molar-refractivity contribution in [2.24, 2.45) is 0 Å². The van der Waals surface area contributed by atoms with Gasteiger partial charge in [-0.25, -0.2) is 22.8 Å². The Morgan fingerprint density at radius 3 is 2.38 bits per heavy atom. The number of sulfonamides is 1. The Morgan fingerprint density at radius 2 is 1.71 bits per heavy atom. The van der Waals surface area contributed by atoms with Crippen LogP contribution in [0.5, 0.6) is 0 Å². The van der Waals surface area contributed by atoms with E-state index < -0.39 is 15.6 Å². The van der Waals surface area contributed by atoms with Gasteiger partial charge in [-0.1, -0.05) is 6.07 Å². The van der Waals surface area contributed by atoms with Crippen molar-refractivity contribution in [1.29, 1.82) is 0 Å². The molecule has 0 fully saturated rings. The number of benzene rings is 2. The molecule has 0 amide bonds. The topological polar surface area (TPSA) is 114 Å². The molecule has 0 aliphatic heterocycles. The first-order valence-electron chi connectivity index (χ1n) is 10.7. The molecule has 4 rings (SSSR count). The van der Waals surface area contributed by atoms with Gasteiger partial charge in [0.15, 0.2) is 0 Å². The van der Waals surface area contributed by atoms with Crippen LogP contribution in [0.4, 0.5) is 23.1 Å². The molecule has 0 radical (unpaired) electrons. The van der Waals surface area contributed by atoms with Gasteiger partial charge in [-0.3, -0.25) is 0 Å². The van der Waals surface area contributed by atoms with E-state index in [1.165, 1.54) is 0 Å². The summed E-state index contributed by atoms with van der Waals surface area (Å²) in [7, 11) is -3.65. The Morgan fingerprint density at radius 1 is 0.941 bits per heavy atom. The molecule has 34 heavy (non-hydrogen) atoms. The summed E-state index contributed by atoms with van der Waals surface area (Å²) in [6.07, 6.45) is 5.31. The highest BCUT2D eigenvalue weighted by Crippen LogP contribution is 2.24. The van der Waals surface area contributed by atoms with Gasteiger partial charge in [0, 0.05) is 41.1 Å². The molecule has 3 N–H and O–H groups in total. The fourth-order valence-electron chi connectivity index (χ4n) is 3.22. The first-order chi connectivity index (χ1) is 16.1. The maximum Gasteiger partial charge on any atom is 0.241 e. The Balaban J connectivity index is 1.52. The van der Waals surface area contributed by atoms with Crippen LogP contribution in [-0.4, -0.2) is 33.7 Å². The average molecular weight is 478 g/mol. The molecule has 2 aromatic carbocycles. The van der Waals surface area contributed by atoms with E-state index >= 15 is 0 Å². The number of hydrogen-bond acceptors (Lipinski definition) is 7. The monoisotopic (exact) mass is 477 g/mol. The Bertz CT molecular complexity index is 1380. The summed E-state index contributed by atoms with van der Waals surface area (Å²) in [5.74, 6) is 0.988. The molecule has 10 heteroatoms. The van der Waals surface area contributed by atoms with E-state index in [1.807, 2.05) is 43.5 Å². The van der Waals surface area contributed by atoms with Crippen molar-refractivity contribution < 1.29 is 8.42 Å². The standard InChI is InChI=1S/C24H27N7O2S/c1-17-16-25-23(28-18-9-11-20(12-10-18)31-14-6-13-26-31)29-22(17)27-19-7-5-8-21(15-19)34(32,33)30-24(2,3)4/h5-16,30H,1-4H3,(H2,25,27,28,29). The van der Waals surface area contributed by atoms with Gasteiger partial charge < -0.3 is 10.6 Å². The molecule has 0 saturated carbocycles. The van der Waals surface area contributed by atoms with Crippen LogP contribution in [0.3, 0.4) is 0 Å². The maximum atomic E-state index is 12.7. The van der Waals surface area contributed by atoms with Crippen LogP contribution < -0.4 is 15.4 Å². The molecule has 0 unspecified atom stereocenters. The van der Waals surface area contributed by atoms with Crippen LogP contribution in [0.2, 0.25) is 0 Å². The van der Waals surface area contributed by atoms with E-state index in [-0.39, 0.29) is 4.90 Å². The number of anilines is 4. The number of aromatic nitrogens is 4. The van der Waals surface area contributed by atoms with Crippen molar-refractivity contribution in [2.45, 2.75) is 38.1 Å². The van der Waals surface area contributed by atoms with Crippen LogP contribution in [-0.2, 0) is 10.0 Å². The van der Waals surface area contributed by atoms with E-state index in [0.717, 1.165) is 16.9 Å². The Kier molecular flexibility index (Phi) is 6.36. The van der Waals surface area contributed by atoms with Gasteiger partial charge in [0.25, 0.3) is 0 Å². The summed E-state index contributed by atoms with van der Waals surface area (Å²) in [5.41, 5.74) is 2.61. The van der Waals surface area contributed by atoms with Gasteiger partial charge in [0.1, 0.15) is 5.82 Å². The second kappa shape index (κ2) is 9.24. The summed E-state index contributed by atoms with van der Waals surface area (Å²) >= 11 is 0. The lowest BCUT2D eigenvalue weighted by atomic mass is 10.1. The summed E-state index contributed by atoms with van der Waals surface area (Å²) < 4.78 is 29.8. The van der Waals surface area contributed by atoms with Gasteiger partial charge in [0.2, 0.25) is 16.0 Å². The largest absolute Gasteiger partial charge is 0.340 e. The van der Waals surface area contributed by atoms with Gasteiger partial charge in [0.05, 0.1) is 10.6 Å². The van der Waals surface area contributed by atoms with Crippen LogP contribution >= 0.6 is 0 Å². The zero-order chi connectivity index (χ0) is 24.3. The van der Waals surface area contributed by atoms with E-state index in [2.05, 4.69) is 30.4 Å². The lowest BCUT2D eigenvalue weighted by Gasteiger charge is -2.20. The SMILES string of the molecule is Cc1cnc(Nc2ccc(-n3cccn3)cc2)nc1Nc1cccc(S(=O)(=O)NC(C)(C)C)c1. The predicted octanol–water partition coefficient (Wildman–Crippen LogP) is 4.53. The molecule has 0 saturated heterocycles. The molecular formula is C24H27N7O2S. The van der Waals surface area contributed by atoms with Crippen molar-refractivity contribution >= 4 is 33.2 Å². The summed E-state index contributed by atoms with van der Waals surface area (Å²) in [5, 5.41) is 10.6. The van der Waals surface area contributed by atoms with E-state index in [4.69, 9.17) is 0 Å². The van der Waals surface area contributed by atoms with Gasteiger partial charge in [-0.05, 0) is 76.2 Å². The van der Waals surface area contributed by atoms with Crippen LogP contribution in [0, 0.1) is 6.92 Å². The van der Waals surface area contributed by atoms with Gasteiger partial charge in [-0.2, -0.15) is 10.1 Å². The molecule has 176 valence electrons. The van der Waals surface area contributed by atoms with Crippen molar-refractivity contribution in [1.82, 2.24) is 24.5 Å².